The highest BCUT2D eigenvalue weighted by Gasteiger charge is 2.36. The average Bonchev–Trinajstić information content (AvgIpc) is 2.80. The topological polar surface area (TPSA) is 47.9 Å². The van der Waals surface area contributed by atoms with Crippen molar-refractivity contribution in [3.8, 4) is 11.8 Å². The van der Waals surface area contributed by atoms with Gasteiger partial charge < -0.3 is 19.3 Å². The summed E-state index contributed by atoms with van der Waals surface area (Å²) in [6, 6.07) is 9.88. The van der Waals surface area contributed by atoms with Crippen molar-refractivity contribution in [3.63, 3.8) is 0 Å². The summed E-state index contributed by atoms with van der Waals surface area (Å²) in [6.07, 6.45) is -1.25. The normalized spacial score (nSPS) is 22.1. The molecule has 1 unspecified atom stereocenters. The van der Waals surface area contributed by atoms with E-state index in [4.69, 9.17) is 14.2 Å². The molecule has 4 nitrogen and oxygen atoms in total. The molecule has 0 spiro atoms. The fourth-order valence-corrected chi connectivity index (χ4v) is 1.90. The van der Waals surface area contributed by atoms with Gasteiger partial charge in [-0.3, -0.25) is 0 Å². The summed E-state index contributed by atoms with van der Waals surface area (Å²) in [6.45, 7) is 4.78. The molecule has 1 aliphatic heterocycles. The van der Waals surface area contributed by atoms with Crippen LogP contribution in [0, 0.1) is 11.8 Å². The zero-order valence-electron chi connectivity index (χ0n) is 11.8. The van der Waals surface area contributed by atoms with Crippen LogP contribution in [0.2, 0.25) is 0 Å². The highest BCUT2D eigenvalue weighted by atomic mass is 16.7. The van der Waals surface area contributed by atoms with Gasteiger partial charge in [-0.05, 0) is 19.4 Å². The number of hydrogen-bond donors (Lipinski definition) is 1. The lowest BCUT2D eigenvalue weighted by Crippen LogP contribution is -2.29. The van der Waals surface area contributed by atoms with E-state index in [1.165, 1.54) is 0 Å². The summed E-state index contributed by atoms with van der Waals surface area (Å²) in [7, 11) is 0. The van der Waals surface area contributed by atoms with Crippen molar-refractivity contribution in [2.75, 3.05) is 13.2 Å². The van der Waals surface area contributed by atoms with Crippen LogP contribution in [0.3, 0.4) is 0 Å². The van der Waals surface area contributed by atoms with E-state index in [9.17, 15) is 5.11 Å². The van der Waals surface area contributed by atoms with Crippen LogP contribution in [0.25, 0.3) is 0 Å². The van der Waals surface area contributed by atoms with Crippen LogP contribution in [0.4, 0.5) is 0 Å². The molecule has 1 fully saturated rings. The van der Waals surface area contributed by atoms with E-state index in [-0.39, 0.29) is 6.61 Å². The Kier molecular flexibility index (Phi) is 5.16. The summed E-state index contributed by atoms with van der Waals surface area (Å²) >= 11 is 0. The zero-order chi connectivity index (χ0) is 14.4. The highest BCUT2D eigenvalue weighted by molar-refractivity contribution is 5.13. The Morgan fingerprint density at radius 3 is 2.80 bits per heavy atom. The molecule has 0 aromatic heterocycles. The maximum Gasteiger partial charge on any atom is 0.163 e. The monoisotopic (exact) mass is 276 g/mol. The van der Waals surface area contributed by atoms with Crippen LogP contribution in [-0.4, -0.2) is 36.3 Å². The van der Waals surface area contributed by atoms with Gasteiger partial charge in [0.15, 0.2) is 5.79 Å². The second-order valence-electron chi connectivity index (χ2n) is 5.11. The Hall–Kier alpha value is -1.38. The molecule has 0 amide bonds. The average molecular weight is 276 g/mol. The molecule has 0 bridgehead atoms. The van der Waals surface area contributed by atoms with Crippen molar-refractivity contribution in [1.82, 2.24) is 0 Å². The third-order valence-corrected chi connectivity index (χ3v) is 2.92. The lowest BCUT2D eigenvalue weighted by molar-refractivity contribution is -0.146. The minimum Gasteiger partial charge on any atom is -0.378 e. The molecule has 1 heterocycles. The molecule has 1 aromatic carbocycles. The number of benzene rings is 1. The number of rotatable bonds is 4. The quantitative estimate of drug-likeness (QED) is 0.672. The van der Waals surface area contributed by atoms with Crippen molar-refractivity contribution >= 4 is 0 Å². The Labute approximate surface area is 119 Å². The zero-order valence-corrected chi connectivity index (χ0v) is 11.8. The molecule has 1 aromatic rings. The summed E-state index contributed by atoms with van der Waals surface area (Å²) in [5, 5.41) is 9.86. The Morgan fingerprint density at radius 2 is 2.15 bits per heavy atom. The number of ether oxygens (including phenoxy) is 3. The minimum absolute atomic E-state index is 0.281. The first-order chi connectivity index (χ1) is 9.57. The van der Waals surface area contributed by atoms with Crippen LogP contribution in [-0.2, 0) is 20.8 Å². The molecule has 4 heteroatoms. The van der Waals surface area contributed by atoms with Gasteiger partial charge in [-0.2, -0.15) is 0 Å². The van der Waals surface area contributed by atoms with Crippen molar-refractivity contribution in [2.45, 2.75) is 38.4 Å². The molecule has 2 atom stereocenters. The standard InChI is InChI=1S/C16H20O4/c1-16(2)19-12-15(20-16)14(17)9-6-10-18-11-13-7-4-3-5-8-13/h3-5,7-8,14-15,17H,10-12H2,1-2H3/t14?,15-/m1/s1. The lowest BCUT2D eigenvalue weighted by atomic mass is 10.2. The van der Waals surface area contributed by atoms with E-state index in [1.807, 2.05) is 44.2 Å². The molecular weight excluding hydrogens is 256 g/mol. The van der Waals surface area contributed by atoms with E-state index in [2.05, 4.69) is 11.8 Å². The van der Waals surface area contributed by atoms with Crippen molar-refractivity contribution in [3.05, 3.63) is 35.9 Å². The molecule has 1 aliphatic rings. The first-order valence-corrected chi connectivity index (χ1v) is 6.67. The third kappa shape index (κ3) is 4.62. The van der Waals surface area contributed by atoms with Gasteiger partial charge in [0.05, 0.1) is 13.2 Å². The van der Waals surface area contributed by atoms with Gasteiger partial charge in [-0.1, -0.05) is 42.2 Å². The van der Waals surface area contributed by atoms with Crippen molar-refractivity contribution in [1.29, 1.82) is 0 Å². The summed E-state index contributed by atoms with van der Waals surface area (Å²) in [4.78, 5) is 0. The Bertz CT molecular complexity index is 472. The molecule has 0 radical (unpaired) electrons. The molecule has 1 N–H and O–H groups in total. The number of aliphatic hydroxyl groups is 1. The molecule has 2 rings (SSSR count). The van der Waals surface area contributed by atoms with Crippen molar-refractivity contribution in [2.24, 2.45) is 0 Å². The number of aliphatic hydroxyl groups excluding tert-OH is 1. The second kappa shape index (κ2) is 6.87. The van der Waals surface area contributed by atoms with Crippen LogP contribution >= 0.6 is 0 Å². The molecule has 0 aliphatic carbocycles. The fourth-order valence-electron chi connectivity index (χ4n) is 1.90. The van der Waals surface area contributed by atoms with E-state index in [1.54, 1.807) is 0 Å². The Balaban J connectivity index is 1.69. The second-order valence-corrected chi connectivity index (χ2v) is 5.11. The van der Waals surface area contributed by atoms with Crippen LogP contribution in [0.5, 0.6) is 0 Å². The smallest absolute Gasteiger partial charge is 0.163 e. The van der Waals surface area contributed by atoms with E-state index >= 15 is 0 Å². The van der Waals surface area contributed by atoms with E-state index < -0.39 is 18.0 Å². The van der Waals surface area contributed by atoms with Gasteiger partial charge in [-0.15, -0.1) is 0 Å². The first kappa shape index (κ1) is 15.0. The molecular formula is C16H20O4. The number of hydrogen-bond acceptors (Lipinski definition) is 4. The minimum atomic E-state index is -0.850. The summed E-state index contributed by atoms with van der Waals surface area (Å²) in [5.74, 6) is 4.88. The SMILES string of the molecule is CC1(C)OC[C@H](C(O)C#CCOCc2ccccc2)O1. The third-order valence-electron chi connectivity index (χ3n) is 2.92. The van der Waals surface area contributed by atoms with E-state index in [0.29, 0.717) is 13.2 Å². The first-order valence-electron chi connectivity index (χ1n) is 6.67. The summed E-state index contributed by atoms with van der Waals surface area (Å²) in [5.41, 5.74) is 1.10. The lowest BCUT2D eigenvalue weighted by Gasteiger charge is -2.17. The van der Waals surface area contributed by atoms with Gasteiger partial charge in [0.25, 0.3) is 0 Å². The van der Waals surface area contributed by atoms with Crippen LogP contribution < -0.4 is 0 Å². The molecule has 0 saturated carbocycles. The van der Waals surface area contributed by atoms with E-state index in [0.717, 1.165) is 5.56 Å². The predicted octanol–water partition coefficient (Wildman–Crippen LogP) is 1.72. The molecule has 108 valence electrons. The van der Waals surface area contributed by atoms with Gasteiger partial charge in [0.2, 0.25) is 0 Å². The fraction of sp³-hybridized carbons (Fsp3) is 0.500. The van der Waals surface area contributed by atoms with Gasteiger partial charge in [-0.25, -0.2) is 0 Å². The van der Waals surface area contributed by atoms with Crippen LogP contribution in [0.15, 0.2) is 30.3 Å². The Morgan fingerprint density at radius 1 is 1.40 bits per heavy atom. The highest BCUT2D eigenvalue weighted by Crippen LogP contribution is 2.23. The predicted molar refractivity (Wildman–Crippen MR) is 74.8 cm³/mol. The van der Waals surface area contributed by atoms with Crippen LogP contribution in [0.1, 0.15) is 19.4 Å². The van der Waals surface area contributed by atoms with Gasteiger partial charge in [0.1, 0.15) is 18.8 Å². The summed E-state index contributed by atoms with van der Waals surface area (Å²) < 4.78 is 16.3. The molecule has 1 saturated heterocycles. The van der Waals surface area contributed by atoms with Gasteiger partial charge in [0, 0.05) is 0 Å². The maximum atomic E-state index is 9.86. The maximum absolute atomic E-state index is 9.86. The van der Waals surface area contributed by atoms with Crippen molar-refractivity contribution < 1.29 is 19.3 Å². The molecule has 20 heavy (non-hydrogen) atoms. The van der Waals surface area contributed by atoms with Gasteiger partial charge >= 0.3 is 0 Å². The largest absolute Gasteiger partial charge is 0.378 e.